The minimum Gasteiger partial charge on any atom is -0.389 e. The van der Waals surface area contributed by atoms with Crippen LogP contribution in [0, 0.1) is 5.92 Å². The molecular weight excluding hydrogens is 274 g/mol. The van der Waals surface area contributed by atoms with Crippen molar-refractivity contribution in [1.82, 2.24) is 5.32 Å². The monoisotopic (exact) mass is 299 g/mol. The Bertz CT molecular complexity index is 352. The molecular formula is C16H26ClNO2. The fourth-order valence-corrected chi connectivity index (χ4v) is 2.11. The molecule has 1 atom stereocenters. The van der Waals surface area contributed by atoms with Gasteiger partial charge in [-0.2, -0.15) is 0 Å². The van der Waals surface area contributed by atoms with E-state index in [1.807, 2.05) is 24.3 Å². The van der Waals surface area contributed by atoms with E-state index in [0.29, 0.717) is 25.7 Å². The summed E-state index contributed by atoms with van der Waals surface area (Å²) in [5.74, 6) is 0.692. The van der Waals surface area contributed by atoms with Gasteiger partial charge in [0.25, 0.3) is 0 Å². The van der Waals surface area contributed by atoms with E-state index in [9.17, 15) is 5.11 Å². The summed E-state index contributed by atoms with van der Waals surface area (Å²) in [5, 5.41) is 13.8. The highest BCUT2D eigenvalue weighted by molar-refractivity contribution is 6.30. The summed E-state index contributed by atoms with van der Waals surface area (Å²) < 4.78 is 5.50. The van der Waals surface area contributed by atoms with E-state index in [1.54, 1.807) is 0 Å². The van der Waals surface area contributed by atoms with Gasteiger partial charge in [0, 0.05) is 11.6 Å². The van der Waals surface area contributed by atoms with Crippen molar-refractivity contribution < 1.29 is 9.84 Å². The van der Waals surface area contributed by atoms with Crippen molar-refractivity contribution in [2.24, 2.45) is 5.92 Å². The molecule has 0 saturated carbocycles. The third-order valence-electron chi connectivity index (χ3n) is 3.46. The molecule has 0 aliphatic heterocycles. The van der Waals surface area contributed by atoms with Crippen molar-refractivity contribution in [3.05, 3.63) is 34.9 Å². The Morgan fingerprint density at radius 2 is 1.80 bits per heavy atom. The summed E-state index contributed by atoms with van der Waals surface area (Å²) in [6.45, 7) is 6.78. The number of hydrogen-bond acceptors (Lipinski definition) is 3. The summed E-state index contributed by atoms with van der Waals surface area (Å²) in [6, 6.07) is 7.54. The molecule has 20 heavy (non-hydrogen) atoms. The molecule has 114 valence electrons. The first-order valence-corrected chi connectivity index (χ1v) is 7.74. The molecule has 0 aliphatic carbocycles. The van der Waals surface area contributed by atoms with Gasteiger partial charge in [-0.3, -0.25) is 0 Å². The van der Waals surface area contributed by atoms with Gasteiger partial charge in [-0.1, -0.05) is 50.4 Å². The molecule has 2 N–H and O–H groups in total. The quantitative estimate of drug-likeness (QED) is 0.697. The number of rotatable bonds is 10. The standard InChI is InChI=1S/C16H26ClNO2/c1-3-13(4-2)9-18-10-16(19)12-20-11-14-5-7-15(17)8-6-14/h5-8,13,16,18-19H,3-4,9-12H2,1-2H3. The van der Waals surface area contributed by atoms with Crippen LogP contribution in [0.5, 0.6) is 0 Å². The summed E-state index contributed by atoms with van der Waals surface area (Å²) in [6.07, 6.45) is 1.89. The lowest BCUT2D eigenvalue weighted by molar-refractivity contribution is 0.0285. The average Bonchev–Trinajstić information content (AvgIpc) is 2.46. The highest BCUT2D eigenvalue weighted by Gasteiger charge is 2.07. The van der Waals surface area contributed by atoms with Gasteiger partial charge in [-0.15, -0.1) is 0 Å². The number of aliphatic hydroxyl groups is 1. The topological polar surface area (TPSA) is 41.5 Å². The Morgan fingerprint density at radius 1 is 1.15 bits per heavy atom. The second-order valence-electron chi connectivity index (χ2n) is 5.14. The SMILES string of the molecule is CCC(CC)CNCC(O)COCc1ccc(Cl)cc1. The lowest BCUT2D eigenvalue weighted by Gasteiger charge is -2.16. The third kappa shape index (κ3) is 7.25. The first-order valence-electron chi connectivity index (χ1n) is 7.36. The smallest absolute Gasteiger partial charge is 0.0897 e. The van der Waals surface area contributed by atoms with E-state index >= 15 is 0 Å². The van der Waals surface area contributed by atoms with Crippen LogP contribution in [0.15, 0.2) is 24.3 Å². The van der Waals surface area contributed by atoms with E-state index < -0.39 is 6.10 Å². The molecule has 1 unspecified atom stereocenters. The number of nitrogens with one attached hydrogen (secondary N) is 1. The number of benzene rings is 1. The predicted molar refractivity (Wildman–Crippen MR) is 84.1 cm³/mol. The Labute approximate surface area is 127 Å². The van der Waals surface area contributed by atoms with Crippen molar-refractivity contribution >= 4 is 11.6 Å². The number of aliphatic hydroxyl groups excluding tert-OH is 1. The molecule has 4 heteroatoms. The van der Waals surface area contributed by atoms with Gasteiger partial charge in [0.2, 0.25) is 0 Å². The molecule has 0 spiro atoms. The normalized spacial score (nSPS) is 12.8. The molecule has 0 aromatic heterocycles. The Hall–Kier alpha value is -0.610. The molecule has 0 amide bonds. The zero-order valence-electron chi connectivity index (χ0n) is 12.4. The molecule has 1 aromatic carbocycles. The molecule has 3 nitrogen and oxygen atoms in total. The van der Waals surface area contributed by atoms with Crippen molar-refractivity contribution in [3.8, 4) is 0 Å². The van der Waals surface area contributed by atoms with Crippen molar-refractivity contribution in [2.75, 3.05) is 19.7 Å². The Kier molecular flexibility index (Phi) is 8.86. The van der Waals surface area contributed by atoms with E-state index in [-0.39, 0.29) is 0 Å². The van der Waals surface area contributed by atoms with Gasteiger partial charge in [0.1, 0.15) is 0 Å². The zero-order valence-corrected chi connectivity index (χ0v) is 13.2. The maximum Gasteiger partial charge on any atom is 0.0897 e. The molecule has 0 aliphatic rings. The first kappa shape index (κ1) is 17.4. The van der Waals surface area contributed by atoms with Crippen LogP contribution in [0.4, 0.5) is 0 Å². The van der Waals surface area contributed by atoms with E-state index in [2.05, 4.69) is 19.2 Å². The predicted octanol–water partition coefficient (Wildman–Crippen LogP) is 3.24. The summed E-state index contributed by atoms with van der Waals surface area (Å²) in [4.78, 5) is 0. The lowest BCUT2D eigenvalue weighted by atomic mass is 10.0. The molecule has 0 fully saturated rings. The molecule has 0 heterocycles. The molecule has 0 radical (unpaired) electrons. The van der Waals surface area contributed by atoms with E-state index in [0.717, 1.165) is 17.1 Å². The molecule has 1 rings (SSSR count). The average molecular weight is 300 g/mol. The van der Waals surface area contributed by atoms with Crippen LogP contribution in [-0.2, 0) is 11.3 Å². The maximum atomic E-state index is 9.82. The largest absolute Gasteiger partial charge is 0.389 e. The first-order chi connectivity index (χ1) is 9.65. The van der Waals surface area contributed by atoms with Crippen LogP contribution < -0.4 is 5.32 Å². The second kappa shape index (κ2) is 10.2. The van der Waals surface area contributed by atoms with Crippen molar-refractivity contribution in [3.63, 3.8) is 0 Å². The van der Waals surface area contributed by atoms with Gasteiger partial charge in [0.05, 0.1) is 19.3 Å². The minimum absolute atomic E-state index is 0.346. The number of hydrogen-bond donors (Lipinski definition) is 2. The van der Waals surface area contributed by atoms with Crippen LogP contribution >= 0.6 is 11.6 Å². The van der Waals surface area contributed by atoms with E-state index in [1.165, 1.54) is 12.8 Å². The Balaban J connectivity index is 2.10. The fourth-order valence-electron chi connectivity index (χ4n) is 1.98. The highest BCUT2D eigenvalue weighted by Crippen LogP contribution is 2.10. The van der Waals surface area contributed by atoms with Crippen LogP contribution in [0.25, 0.3) is 0 Å². The summed E-state index contributed by atoms with van der Waals surface area (Å²) in [7, 11) is 0. The second-order valence-corrected chi connectivity index (χ2v) is 5.57. The van der Waals surface area contributed by atoms with Gasteiger partial charge in [-0.05, 0) is 30.2 Å². The van der Waals surface area contributed by atoms with Crippen LogP contribution in [0.3, 0.4) is 0 Å². The zero-order chi connectivity index (χ0) is 14.8. The van der Waals surface area contributed by atoms with Gasteiger partial charge < -0.3 is 15.2 Å². The van der Waals surface area contributed by atoms with E-state index in [4.69, 9.17) is 16.3 Å². The molecule has 0 saturated heterocycles. The van der Waals surface area contributed by atoms with Crippen molar-refractivity contribution in [2.45, 2.75) is 39.4 Å². The van der Waals surface area contributed by atoms with Gasteiger partial charge >= 0.3 is 0 Å². The Morgan fingerprint density at radius 3 is 2.40 bits per heavy atom. The lowest BCUT2D eigenvalue weighted by Crippen LogP contribution is -2.33. The molecule has 0 bridgehead atoms. The minimum atomic E-state index is -0.461. The van der Waals surface area contributed by atoms with Crippen LogP contribution in [-0.4, -0.2) is 30.9 Å². The van der Waals surface area contributed by atoms with Crippen LogP contribution in [0.2, 0.25) is 5.02 Å². The third-order valence-corrected chi connectivity index (χ3v) is 3.71. The maximum absolute atomic E-state index is 9.82. The number of ether oxygens (including phenoxy) is 1. The molecule has 1 aromatic rings. The summed E-state index contributed by atoms with van der Waals surface area (Å²) >= 11 is 5.81. The van der Waals surface area contributed by atoms with Crippen molar-refractivity contribution in [1.29, 1.82) is 0 Å². The van der Waals surface area contributed by atoms with Gasteiger partial charge in [0.15, 0.2) is 0 Å². The highest BCUT2D eigenvalue weighted by atomic mass is 35.5. The van der Waals surface area contributed by atoms with Crippen LogP contribution in [0.1, 0.15) is 32.3 Å². The number of halogens is 1. The fraction of sp³-hybridized carbons (Fsp3) is 0.625. The summed E-state index contributed by atoms with van der Waals surface area (Å²) in [5.41, 5.74) is 1.06. The van der Waals surface area contributed by atoms with Gasteiger partial charge in [-0.25, -0.2) is 0 Å².